The number of nitrogens with zero attached hydrogens (tertiary/aromatic N) is 1. The highest BCUT2D eigenvalue weighted by Gasteiger charge is 2.23. The first-order valence-electron chi connectivity index (χ1n) is 8.03. The van der Waals surface area contributed by atoms with E-state index in [-0.39, 0.29) is 17.9 Å². The Bertz CT molecular complexity index is 698. The molecule has 0 aliphatic carbocycles. The second-order valence-corrected chi connectivity index (χ2v) is 6.61. The van der Waals surface area contributed by atoms with Gasteiger partial charge >= 0.3 is 0 Å². The van der Waals surface area contributed by atoms with Gasteiger partial charge in [-0.2, -0.15) is 0 Å². The lowest BCUT2D eigenvalue weighted by Gasteiger charge is -2.32. The molecule has 24 heavy (non-hydrogen) atoms. The van der Waals surface area contributed by atoms with Crippen molar-refractivity contribution in [1.29, 1.82) is 0 Å². The van der Waals surface area contributed by atoms with Crippen molar-refractivity contribution in [2.75, 3.05) is 25.0 Å². The molecule has 5 nitrogen and oxygen atoms in total. The number of benzene rings is 1. The van der Waals surface area contributed by atoms with Crippen molar-refractivity contribution >= 4 is 28.8 Å². The van der Waals surface area contributed by atoms with Gasteiger partial charge in [0.15, 0.2) is 0 Å². The second kappa shape index (κ2) is 7.59. The minimum Gasteiger partial charge on any atom is -0.375 e. The van der Waals surface area contributed by atoms with Crippen LogP contribution in [0.1, 0.15) is 33.4 Å². The molecule has 1 aromatic carbocycles. The minimum atomic E-state index is -0.136. The Morgan fingerprint density at radius 1 is 1.29 bits per heavy atom. The zero-order chi connectivity index (χ0) is 16.9. The molecular weight excluding hydrogens is 324 g/mol. The van der Waals surface area contributed by atoms with Gasteiger partial charge in [-0.05, 0) is 42.1 Å². The molecule has 1 aliphatic rings. The molecule has 1 aromatic heterocycles. The first-order chi connectivity index (χ1) is 11.7. The molecule has 0 bridgehead atoms. The van der Waals surface area contributed by atoms with Crippen LogP contribution in [0.5, 0.6) is 0 Å². The van der Waals surface area contributed by atoms with E-state index in [0.717, 1.165) is 6.42 Å². The fourth-order valence-corrected chi connectivity index (χ4v) is 3.25. The number of carbonyl (C=O) groups is 2. The van der Waals surface area contributed by atoms with Crippen molar-refractivity contribution in [1.82, 2.24) is 4.90 Å². The van der Waals surface area contributed by atoms with Crippen molar-refractivity contribution in [3.05, 3.63) is 52.2 Å². The number of carbonyl (C=O) groups excluding carboxylic acids is 2. The summed E-state index contributed by atoms with van der Waals surface area (Å²) in [6.07, 6.45) is 1.02. The van der Waals surface area contributed by atoms with E-state index >= 15 is 0 Å². The summed E-state index contributed by atoms with van der Waals surface area (Å²) in [5.41, 5.74) is 1.30. The number of anilines is 1. The third kappa shape index (κ3) is 3.83. The molecule has 126 valence electrons. The molecule has 1 aliphatic heterocycles. The van der Waals surface area contributed by atoms with Gasteiger partial charge in [-0.1, -0.05) is 13.0 Å². The number of amides is 2. The van der Waals surface area contributed by atoms with E-state index in [2.05, 4.69) is 12.2 Å². The van der Waals surface area contributed by atoms with Gasteiger partial charge in [-0.3, -0.25) is 9.59 Å². The van der Waals surface area contributed by atoms with Crippen LogP contribution in [0.25, 0.3) is 0 Å². The van der Waals surface area contributed by atoms with Crippen LogP contribution in [0.3, 0.4) is 0 Å². The molecule has 0 radical (unpaired) electrons. The predicted octanol–water partition coefficient (Wildman–Crippen LogP) is 3.25. The van der Waals surface area contributed by atoms with Crippen LogP contribution < -0.4 is 5.32 Å². The number of rotatable bonds is 4. The lowest BCUT2D eigenvalue weighted by molar-refractivity contribution is -0.0226. The number of nitrogens with one attached hydrogen (secondary N) is 1. The molecule has 2 amide bonds. The van der Waals surface area contributed by atoms with Gasteiger partial charge in [0, 0.05) is 24.3 Å². The molecule has 1 N–H and O–H groups in total. The quantitative estimate of drug-likeness (QED) is 0.926. The Labute approximate surface area is 145 Å². The van der Waals surface area contributed by atoms with Crippen LogP contribution in [0.2, 0.25) is 0 Å². The van der Waals surface area contributed by atoms with Crippen LogP contribution in [-0.2, 0) is 4.74 Å². The molecule has 1 saturated heterocycles. The lowest BCUT2D eigenvalue weighted by Crippen LogP contribution is -2.45. The predicted molar refractivity (Wildman–Crippen MR) is 94.6 cm³/mol. The summed E-state index contributed by atoms with van der Waals surface area (Å²) in [5, 5.41) is 4.70. The van der Waals surface area contributed by atoms with Crippen LogP contribution in [0.15, 0.2) is 41.8 Å². The van der Waals surface area contributed by atoms with E-state index in [1.165, 1.54) is 11.3 Å². The van der Waals surface area contributed by atoms with Crippen LogP contribution in [0.4, 0.5) is 5.69 Å². The third-order valence-corrected chi connectivity index (χ3v) is 4.88. The number of morpholine rings is 1. The average Bonchev–Trinajstić information content (AvgIpc) is 3.16. The van der Waals surface area contributed by atoms with Gasteiger partial charge < -0.3 is 15.0 Å². The summed E-state index contributed by atoms with van der Waals surface area (Å²) >= 11 is 1.39. The maximum Gasteiger partial charge on any atom is 0.265 e. The topological polar surface area (TPSA) is 58.6 Å². The maximum atomic E-state index is 12.6. The Kier molecular flexibility index (Phi) is 5.27. The molecule has 1 atom stereocenters. The van der Waals surface area contributed by atoms with Crippen molar-refractivity contribution in [2.24, 2.45) is 0 Å². The van der Waals surface area contributed by atoms with Gasteiger partial charge in [-0.25, -0.2) is 0 Å². The van der Waals surface area contributed by atoms with Crippen LogP contribution in [-0.4, -0.2) is 42.5 Å². The van der Waals surface area contributed by atoms with Crippen molar-refractivity contribution < 1.29 is 14.3 Å². The van der Waals surface area contributed by atoms with E-state index < -0.39 is 0 Å². The fraction of sp³-hybridized carbons (Fsp3) is 0.333. The number of hydrogen-bond acceptors (Lipinski definition) is 4. The molecule has 1 fully saturated rings. The number of ether oxygens (including phenoxy) is 1. The summed E-state index contributed by atoms with van der Waals surface area (Å²) in [4.78, 5) is 27.1. The summed E-state index contributed by atoms with van der Waals surface area (Å²) in [5.74, 6) is -0.129. The van der Waals surface area contributed by atoms with E-state index in [9.17, 15) is 9.59 Å². The standard InChI is InChI=1S/C18H20N2O3S/c1-2-15-12-20(9-10-23-15)18(22)13-5-7-14(8-6-13)19-17(21)16-4-3-11-24-16/h3-8,11,15H,2,9-10,12H2,1H3,(H,19,21)/t15-/m0/s1. The molecule has 2 aromatic rings. The molecule has 2 heterocycles. The van der Waals surface area contributed by atoms with Crippen LogP contribution >= 0.6 is 11.3 Å². The molecular formula is C18H20N2O3S. The normalized spacial score (nSPS) is 17.5. The first-order valence-corrected chi connectivity index (χ1v) is 8.91. The van der Waals surface area contributed by atoms with Gasteiger partial charge in [0.2, 0.25) is 0 Å². The van der Waals surface area contributed by atoms with E-state index in [0.29, 0.717) is 35.8 Å². The number of thiophene rings is 1. The molecule has 3 rings (SSSR count). The molecule has 0 saturated carbocycles. The van der Waals surface area contributed by atoms with Gasteiger partial charge in [0.05, 0.1) is 17.6 Å². The van der Waals surface area contributed by atoms with Gasteiger partial charge in [-0.15, -0.1) is 11.3 Å². The Hall–Kier alpha value is -2.18. The summed E-state index contributed by atoms with van der Waals surface area (Å²) in [7, 11) is 0. The zero-order valence-electron chi connectivity index (χ0n) is 13.5. The minimum absolute atomic E-state index is 0.00730. The van der Waals surface area contributed by atoms with Crippen LogP contribution in [0, 0.1) is 0 Å². The average molecular weight is 344 g/mol. The molecule has 6 heteroatoms. The highest BCUT2D eigenvalue weighted by atomic mass is 32.1. The van der Waals surface area contributed by atoms with Crippen molar-refractivity contribution in [3.8, 4) is 0 Å². The SMILES string of the molecule is CC[C@H]1CN(C(=O)c2ccc(NC(=O)c3cccs3)cc2)CCO1. The van der Waals surface area contributed by atoms with Gasteiger partial charge in [0.25, 0.3) is 11.8 Å². The fourth-order valence-electron chi connectivity index (χ4n) is 2.63. The van der Waals surface area contributed by atoms with E-state index in [4.69, 9.17) is 4.74 Å². The summed E-state index contributed by atoms with van der Waals surface area (Å²) in [6, 6.07) is 10.6. The maximum absolute atomic E-state index is 12.6. The second-order valence-electron chi connectivity index (χ2n) is 5.66. The monoisotopic (exact) mass is 344 g/mol. The van der Waals surface area contributed by atoms with Crippen molar-refractivity contribution in [2.45, 2.75) is 19.4 Å². The Morgan fingerprint density at radius 3 is 2.75 bits per heavy atom. The van der Waals surface area contributed by atoms with E-state index in [1.54, 1.807) is 30.3 Å². The molecule has 0 unspecified atom stereocenters. The number of hydrogen-bond donors (Lipinski definition) is 1. The largest absolute Gasteiger partial charge is 0.375 e. The Balaban J connectivity index is 1.63. The zero-order valence-corrected chi connectivity index (χ0v) is 14.3. The summed E-state index contributed by atoms with van der Waals surface area (Å²) in [6.45, 7) is 3.89. The smallest absolute Gasteiger partial charge is 0.265 e. The molecule has 0 spiro atoms. The highest BCUT2D eigenvalue weighted by Crippen LogP contribution is 2.17. The van der Waals surface area contributed by atoms with E-state index in [1.807, 2.05) is 16.3 Å². The highest BCUT2D eigenvalue weighted by molar-refractivity contribution is 7.12. The lowest BCUT2D eigenvalue weighted by atomic mass is 10.1. The Morgan fingerprint density at radius 2 is 2.08 bits per heavy atom. The van der Waals surface area contributed by atoms with Crippen molar-refractivity contribution in [3.63, 3.8) is 0 Å². The summed E-state index contributed by atoms with van der Waals surface area (Å²) < 4.78 is 5.60. The van der Waals surface area contributed by atoms with Gasteiger partial charge in [0.1, 0.15) is 0 Å². The first kappa shape index (κ1) is 16.7. The third-order valence-electron chi connectivity index (χ3n) is 4.02.